The Labute approximate surface area is 175 Å². The number of halogens is 1. The first-order valence-corrected chi connectivity index (χ1v) is 9.54. The van der Waals surface area contributed by atoms with Crippen molar-refractivity contribution in [3.63, 3.8) is 0 Å². The molecule has 0 spiro atoms. The molecule has 0 N–H and O–H groups in total. The summed E-state index contributed by atoms with van der Waals surface area (Å²) in [4.78, 5) is 17.4. The van der Waals surface area contributed by atoms with E-state index in [1.165, 1.54) is 17.7 Å². The molecule has 0 aromatic carbocycles. The smallest absolute Gasteiger partial charge is 0.260 e. The first-order chi connectivity index (χ1) is 15.0. The maximum absolute atomic E-state index is 14.7. The van der Waals surface area contributed by atoms with Gasteiger partial charge in [-0.15, -0.1) is 10.2 Å². The lowest BCUT2D eigenvalue weighted by Crippen LogP contribution is -2.25. The van der Waals surface area contributed by atoms with Crippen LogP contribution in [-0.4, -0.2) is 41.0 Å². The molecule has 9 nitrogen and oxygen atoms in total. The molecule has 0 aliphatic heterocycles. The van der Waals surface area contributed by atoms with Crippen molar-refractivity contribution in [3.8, 4) is 16.9 Å². The molecular formula is C21H18FN7O2. The Bertz CT molecular complexity index is 1500. The van der Waals surface area contributed by atoms with E-state index in [4.69, 9.17) is 4.74 Å². The number of fused-ring (bicyclic) bond motifs is 2. The van der Waals surface area contributed by atoms with Gasteiger partial charge in [0.1, 0.15) is 5.75 Å². The molecule has 0 saturated carbocycles. The number of hydrogen-bond donors (Lipinski definition) is 0. The quantitative estimate of drug-likeness (QED) is 0.445. The summed E-state index contributed by atoms with van der Waals surface area (Å²) >= 11 is 0. The molecule has 5 heterocycles. The van der Waals surface area contributed by atoms with Crippen LogP contribution in [-0.2, 0) is 7.05 Å². The van der Waals surface area contributed by atoms with Gasteiger partial charge in [-0.1, -0.05) is 0 Å². The fourth-order valence-electron chi connectivity index (χ4n) is 3.64. The minimum atomic E-state index is -0.512. The van der Waals surface area contributed by atoms with Crippen molar-refractivity contribution in [2.45, 2.75) is 13.0 Å². The average molecular weight is 419 g/mol. The number of hydrogen-bond acceptors (Lipinski definition) is 6. The normalized spacial score (nSPS) is 12.5. The number of methoxy groups -OCH3 is 1. The topological polar surface area (TPSA) is 92.1 Å². The molecule has 0 aliphatic rings. The van der Waals surface area contributed by atoms with Gasteiger partial charge in [0.05, 0.1) is 36.4 Å². The van der Waals surface area contributed by atoms with Gasteiger partial charge < -0.3 is 9.30 Å². The molecule has 5 aromatic rings. The SMILES string of the molecule is COc1cnc2ccn([C@H](C)c3nnc4c(F)cc(-c5cnn(C)c5)cn34)c(=O)c2c1. The largest absolute Gasteiger partial charge is 0.495 e. The summed E-state index contributed by atoms with van der Waals surface area (Å²) < 4.78 is 24.7. The van der Waals surface area contributed by atoms with Crippen molar-refractivity contribution < 1.29 is 9.13 Å². The van der Waals surface area contributed by atoms with Crippen LogP contribution >= 0.6 is 0 Å². The summed E-state index contributed by atoms with van der Waals surface area (Å²) in [7, 11) is 3.31. The lowest BCUT2D eigenvalue weighted by molar-refractivity contribution is 0.413. The molecule has 156 valence electrons. The monoisotopic (exact) mass is 419 g/mol. The maximum atomic E-state index is 14.7. The minimum Gasteiger partial charge on any atom is -0.495 e. The number of nitrogens with zero attached hydrogens (tertiary/aromatic N) is 7. The summed E-state index contributed by atoms with van der Waals surface area (Å²) in [6.45, 7) is 1.81. The second kappa shape index (κ2) is 7.01. The highest BCUT2D eigenvalue weighted by molar-refractivity contribution is 5.78. The molecule has 0 fully saturated rings. The Hall–Kier alpha value is -4.08. The molecule has 0 unspecified atom stereocenters. The summed E-state index contributed by atoms with van der Waals surface area (Å²) in [6.07, 6.45) is 8.41. The Morgan fingerprint density at radius 3 is 2.71 bits per heavy atom. The third-order valence-corrected chi connectivity index (χ3v) is 5.30. The lowest BCUT2D eigenvalue weighted by atomic mass is 10.1. The molecule has 31 heavy (non-hydrogen) atoms. The van der Waals surface area contributed by atoms with Crippen LogP contribution in [0.3, 0.4) is 0 Å². The van der Waals surface area contributed by atoms with Gasteiger partial charge >= 0.3 is 0 Å². The highest BCUT2D eigenvalue weighted by Crippen LogP contribution is 2.25. The molecule has 1 atom stereocenters. The number of aryl methyl sites for hydroxylation is 1. The standard InChI is InChI=1S/C21H18FN7O2/c1-12(28-5-4-18-16(21(28)30)7-15(31-3)9-23-18)19-25-26-20-17(22)6-13(11-29(19)20)14-8-24-27(2)10-14/h4-12H,1-3H3/t12-/m1/s1. The molecule has 0 saturated heterocycles. The van der Waals surface area contributed by atoms with Crippen molar-refractivity contribution in [3.05, 3.63) is 71.2 Å². The van der Waals surface area contributed by atoms with Gasteiger partial charge in [0.25, 0.3) is 5.56 Å². The van der Waals surface area contributed by atoms with Crippen LogP contribution in [0.4, 0.5) is 4.39 Å². The lowest BCUT2D eigenvalue weighted by Gasteiger charge is -2.15. The van der Waals surface area contributed by atoms with Gasteiger partial charge in [-0.2, -0.15) is 5.10 Å². The van der Waals surface area contributed by atoms with Crippen LogP contribution in [0, 0.1) is 5.82 Å². The molecular weight excluding hydrogens is 401 g/mol. The molecule has 0 amide bonds. The predicted octanol–water partition coefficient (Wildman–Crippen LogP) is 2.60. The van der Waals surface area contributed by atoms with Crippen LogP contribution < -0.4 is 10.3 Å². The molecule has 10 heteroatoms. The maximum Gasteiger partial charge on any atom is 0.260 e. The van der Waals surface area contributed by atoms with Gasteiger partial charge in [0, 0.05) is 36.8 Å². The van der Waals surface area contributed by atoms with Gasteiger partial charge in [-0.25, -0.2) is 4.39 Å². The average Bonchev–Trinajstić information content (AvgIpc) is 3.40. The van der Waals surface area contributed by atoms with Crippen molar-refractivity contribution in [1.82, 2.24) is 33.9 Å². The third-order valence-electron chi connectivity index (χ3n) is 5.30. The Morgan fingerprint density at radius 1 is 1.13 bits per heavy atom. The van der Waals surface area contributed by atoms with Gasteiger partial charge in [-0.05, 0) is 25.1 Å². The second-order valence-corrected chi connectivity index (χ2v) is 7.24. The molecule has 0 radical (unpaired) electrons. The molecule has 0 aliphatic carbocycles. The van der Waals surface area contributed by atoms with E-state index in [9.17, 15) is 9.18 Å². The van der Waals surface area contributed by atoms with E-state index in [-0.39, 0.29) is 11.2 Å². The number of rotatable bonds is 4. The zero-order valence-corrected chi connectivity index (χ0v) is 17.0. The van der Waals surface area contributed by atoms with Crippen molar-refractivity contribution in [1.29, 1.82) is 0 Å². The van der Waals surface area contributed by atoms with Crippen LogP contribution in [0.2, 0.25) is 0 Å². The van der Waals surface area contributed by atoms with Gasteiger partial charge in [-0.3, -0.25) is 18.9 Å². The van der Waals surface area contributed by atoms with Crippen LogP contribution in [0.1, 0.15) is 18.8 Å². The third kappa shape index (κ3) is 3.03. The second-order valence-electron chi connectivity index (χ2n) is 7.24. The predicted molar refractivity (Wildman–Crippen MR) is 112 cm³/mol. The molecule has 0 bridgehead atoms. The number of ether oxygens (including phenoxy) is 1. The van der Waals surface area contributed by atoms with Crippen molar-refractivity contribution in [2.24, 2.45) is 7.05 Å². The summed E-state index contributed by atoms with van der Waals surface area (Å²) in [5, 5.41) is 12.7. The minimum absolute atomic E-state index is 0.0895. The Kier molecular flexibility index (Phi) is 4.28. The highest BCUT2D eigenvalue weighted by atomic mass is 19.1. The summed E-state index contributed by atoms with van der Waals surface area (Å²) in [6, 6.07) is 4.28. The van der Waals surface area contributed by atoms with Crippen molar-refractivity contribution in [2.75, 3.05) is 7.11 Å². The molecule has 5 rings (SSSR count). The number of aromatic nitrogens is 7. The first-order valence-electron chi connectivity index (χ1n) is 9.54. The fourth-order valence-corrected chi connectivity index (χ4v) is 3.64. The van der Waals surface area contributed by atoms with E-state index in [2.05, 4.69) is 20.3 Å². The Morgan fingerprint density at radius 2 is 1.97 bits per heavy atom. The highest BCUT2D eigenvalue weighted by Gasteiger charge is 2.20. The molecule has 5 aromatic heterocycles. The van der Waals surface area contributed by atoms with E-state index in [1.54, 1.807) is 59.2 Å². The zero-order chi connectivity index (χ0) is 21.7. The van der Waals surface area contributed by atoms with Crippen LogP contribution in [0.25, 0.3) is 27.7 Å². The van der Waals surface area contributed by atoms with Crippen LogP contribution in [0.5, 0.6) is 5.75 Å². The summed E-state index contributed by atoms with van der Waals surface area (Å²) in [5.74, 6) is 0.412. The van der Waals surface area contributed by atoms with E-state index in [1.807, 2.05) is 6.92 Å². The fraction of sp³-hybridized carbons (Fsp3) is 0.190. The summed E-state index contributed by atoms with van der Waals surface area (Å²) in [5.41, 5.74) is 1.79. The van der Waals surface area contributed by atoms with E-state index in [0.717, 1.165) is 5.56 Å². The van der Waals surface area contributed by atoms with Gasteiger partial charge in [0.15, 0.2) is 17.3 Å². The Balaban J connectivity index is 1.66. The van der Waals surface area contributed by atoms with E-state index >= 15 is 0 Å². The van der Waals surface area contributed by atoms with E-state index < -0.39 is 11.9 Å². The van der Waals surface area contributed by atoms with E-state index in [0.29, 0.717) is 28.0 Å². The van der Waals surface area contributed by atoms with Crippen LogP contribution in [0.15, 0.2) is 54.0 Å². The van der Waals surface area contributed by atoms with Gasteiger partial charge in [0.2, 0.25) is 0 Å². The zero-order valence-electron chi connectivity index (χ0n) is 17.0. The number of pyridine rings is 3. The van der Waals surface area contributed by atoms with Crippen molar-refractivity contribution >= 4 is 16.6 Å². The first kappa shape index (κ1) is 18.9.